The van der Waals surface area contributed by atoms with Gasteiger partial charge in [-0.05, 0) is 60.2 Å². The van der Waals surface area contributed by atoms with Crippen LogP contribution < -0.4 is 20.2 Å². The molecule has 5 rings (SSSR count). The highest BCUT2D eigenvalue weighted by Crippen LogP contribution is 2.33. The number of benzene rings is 3. The average Bonchev–Trinajstić information content (AvgIpc) is 3.59. The lowest BCUT2D eigenvalue weighted by atomic mass is 10.1. The maximum absolute atomic E-state index is 13.0. The molecule has 4 aromatic rings. The molecule has 0 saturated carbocycles. The van der Waals surface area contributed by atoms with Crippen molar-refractivity contribution in [3.05, 3.63) is 112 Å². The number of rotatable bonds is 7. The van der Waals surface area contributed by atoms with Crippen molar-refractivity contribution >= 4 is 40.0 Å². The molecule has 0 bridgehead atoms. The lowest BCUT2D eigenvalue weighted by molar-refractivity contribution is -0.117. The lowest BCUT2D eigenvalue weighted by Gasteiger charge is -2.09. The quantitative estimate of drug-likeness (QED) is 0.181. The van der Waals surface area contributed by atoms with E-state index in [2.05, 4.69) is 31.8 Å². The number of hydrogen-bond donors (Lipinski definition) is 2. The zero-order valence-electron chi connectivity index (χ0n) is 19.3. The van der Waals surface area contributed by atoms with Crippen LogP contribution in [0.15, 0.2) is 105 Å². The Morgan fingerprint density at radius 3 is 2.49 bits per heavy atom. The molecule has 2 N–H and O–H groups in total. The molecular weight excluding hydrogens is 538 g/mol. The molecule has 2 heterocycles. The molecule has 2 amide bonds. The maximum atomic E-state index is 13.0. The normalized spacial score (nSPS) is 12.5. The standard InChI is InChI=1S/C28H20BrN3O5/c29-21-9-7-19(8-10-21)24-13-11-22(37-24)16-30-32-28(34)23(31-27(33)20-4-2-1-3-5-20)14-18-6-12-25-26(15-18)36-17-35-25/h1-16H,17H2,(H,31,33)(H,32,34). The number of nitrogens with one attached hydrogen (secondary N) is 2. The second-order valence-electron chi connectivity index (χ2n) is 7.90. The Morgan fingerprint density at radius 2 is 1.68 bits per heavy atom. The van der Waals surface area contributed by atoms with E-state index in [4.69, 9.17) is 13.9 Å². The van der Waals surface area contributed by atoms with Crippen molar-refractivity contribution in [1.82, 2.24) is 10.7 Å². The lowest BCUT2D eigenvalue weighted by Crippen LogP contribution is -2.32. The van der Waals surface area contributed by atoms with Gasteiger partial charge in [-0.25, -0.2) is 5.43 Å². The summed E-state index contributed by atoms with van der Waals surface area (Å²) in [6.45, 7) is 0.131. The third kappa shape index (κ3) is 5.96. The van der Waals surface area contributed by atoms with Crippen LogP contribution in [0.2, 0.25) is 0 Å². The van der Waals surface area contributed by atoms with E-state index in [1.54, 1.807) is 54.6 Å². The number of carbonyl (C=O) groups excluding carboxylic acids is 2. The van der Waals surface area contributed by atoms with Crippen LogP contribution in [0, 0.1) is 0 Å². The third-order valence-corrected chi connectivity index (χ3v) is 5.88. The second kappa shape index (κ2) is 11.0. The summed E-state index contributed by atoms with van der Waals surface area (Å²) in [4.78, 5) is 25.8. The second-order valence-corrected chi connectivity index (χ2v) is 8.81. The zero-order chi connectivity index (χ0) is 25.6. The van der Waals surface area contributed by atoms with Crippen LogP contribution in [0.4, 0.5) is 0 Å². The van der Waals surface area contributed by atoms with Crippen LogP contribution in [0.3, 0.4) is 0 Å². The van der Waals surface area contributed by atoms with E-state index in [1.807, 2.05) is 30.3 Å². The highest BCUT2D eigenvalue weighted by Gasteiger charge is 2.17. The minimum absolute atomic E-state index is 0.000125. The SMILES string of the molecule is O=C(NN=Cc1ccc(-c2ccc(Br)cc2)o1)C(=Cc1ccc2c(c1)OCO2)NC(=O)c1ccccc1. The molecule has 0 fully saturated rings. The van der Waals surface area contributed by atoms with Gasteiger partial charge in [-0.1, -0.05) is 52.3 Å². The van der Waals surface area contributed by atoms with Crippen LogP contribution in [-0.2, 0) is 4.79 Å². The predicted octanol–water partition coefficient (Wildman–Crippen LogP) is 5.36. The number of ether oxygens (including phenoxy) is 2. The number of nitrogens with zero attached hydrogens (tertiary/aromatic N) is 1. The van der Waals surface area contributed by atoms with E-state index in [9.17, 15) is 9.59 Å². The van der Waals surface area contributed by atoms with Gasteiger partial charge in [0.05, 0.1) is 6.21 Å². The van der Waals surface area contributed by atoms with E-state index in [-0.39, 0.29) is 12.5 Å². The van der Waals surface area contributed by atoms with Gasteiger partial charge in [0.15, 0.2) is 11.5 Å². The summed E-state index contributed by atoms with van der Waals surface area (Å²) in [6.07, 6.45) is 2.92. The van der Waals surface area contributed by atoms with Gasteiger partial charge in [-0.2, -0.15) is 5.10 Å². The molecule has 0 atom stereocenters. The Labute approximate surface area is 220 Å². The van der Waals surface area contributed by atoms with Gasteiger partial charge in [-0.15, -0.1) is 0 Å². The molecule has 1 aromatic heterocycles. The number of carbonyl (C=O) groups is 2. The Kier molecular flexibility index (Phi) is 7.14. The van der Waals surface area contributed by atoms with E-state index in [0.717, 1.165) is 10.0 Å². The fourth-order valence-corrected chi connectivity index (χ4v) is 3.78. The minimum atomic E-state index is -0.613. The summed E-state index contributed by atoms with van der Waals surface area (Å²) in [7, 11) is 0. The van der Waals surface area contributed by atoms with Gasteiger partial charge < -0.3 is 19.2 Å². The van der Waals surface area contributed by atoms with Gasteiger partial charge in [-0.3, -0.25) is 9.59 Å². The van der Waals surface area contributed by atoms with Crippen molar-refractivity contribution in [2.24, 2.45) is 5.10 Å². The number of halogens is 1. The van der Waals surface area contributed by atoms with Gasteiger partial charge >= 0.3 is 0 Å². The Morgan fingerprint density at radius 1 is 0.892 bits per heavy atom. The summed E-state index contributed by atoms with van der Waals surface area (Å²) < 4.78 is 17.5. The zero-order valence-corrected chi connectivity index (χ0v) is 20.9. The van der Waals surface area contributed by atoms with Crippen LogP contribution >= 0.6 is 15.9 Å². The number of fused-ring (bicyclic) bond motifs is 1. The van der Waals surface area contributed by atoms with Crippen molar-refractivity contribution in [2.45, 2.75) is 0 Å². The summed E-state index contributed by atoms with van der Waals surface area (Å²) in [5, 5.41) is 6.67. The van der Waals surface area contributed by atoms with E-state index >= 15 is 0 Å². The molecule has 37 heavy (non-hydrogen) atoms. The van der Waals surface area contributed by atoms with Crippen LogP contribution in [-0.4, -0.2) is 24.8 Å². The Bertz CT molecular complexity index is 1490. The Hall–Kier alpha value is -4.63. The molecule has 9 heteroatoms. The first-order chi connectivity index (χ1) is 18.0. The molecule has 0 saturated heterocycles. The van der Waals surface area contributed by atoms with E-state index in [1.165, 1.54) is 12.3 Å². The minimum Gasteiger partial charge on any atom is -0.455 e. The first-order valence-corrected chi connectivity index (χ1v) is 12.0. The highest BCUT2D eigenvalue weighted by atomic mass is 79.9. The molecule has 0 spiro atoms. The van der Waals surface area contributed by atoms with Crippen LogP contribution in [0.25, 0.3) is 17.4 Å². The van der Waals surface area contributed by atoms with Crippen molar-refractivity contribution in [3.63, 3.8) is 0 Å². The largest absolute Gasteiger partial charge is 0.455 e. The van der Waals surface area contributed by atoms with Crippen LogP contribution in [0.5, 0.6) is 11.5 Å². The topological polar surface area (TPSA) is 102 Å². The molecular formula is C28H20BrN3O5. The first kappa shape index (κ1) is 24.1. The number of furan rings is 1. The maximum Gasteiger partial charge on any atom is 0.287 e. The fraction of sp³-hybridized carbons (Fsp3) is 0.0357. The number of hydrogen-bond acceptors (Lipinski definition) is 6. The fourth-order valence-electron chi connectivity index (χ4n) is 3.52. The highest BCUT2D eigenvalue weighted by molar-refractivity contribution is 9.10. The molecule has 0 radical (unpaired) electrons. The molecule has 8 nitrogen and oxygen atoms in total. The van der Waals surface area contributed by atoms with E-state index in [0.29, 0.717) is 34.1 Å². The van der Waals surface area contributed by atoms with Gasteiger partial charge in [0, 0.05) is 15.6 Å². The van der Waals surface area contributed by atoms with Gasteiger partial charge in [0.1, 0.15) is 17.2 Å². The number of amides is 2. The summed E-state index contributed by atoms with van der Waals surface area (Å²) in [6, 6.07) is 25.1. The molecule has 0 unspecified atom stereocenters. The monoisotopic (exact) mass is 557 g/mol. The third-order valence-electron chi connectivity index (χ3n) is 5.35. The molecule has 0 aliphatic carbocycles. The van der Waals surface area contributed by atoms with Crippen molar-refractivity contribution in [3.8, 4) is 22.8 Å². The first-order valence-electron chi connectivity index (χ1n) is 11.2. The summed E-state index contributed by atoms with van der Waals surface area (Å²) in [5.41, 5.74) is 4.39. The smallest absolute Gasteiger partial charge is 0.287 e. The predicted molar refractivity (Wildman–Crippen MR) is 142 cm³/mol. The van der Waals surface area contributed by atoms with Crippen molar-refractivity contribution < 1.29 is 23.5 Å². The molecule has 1 aliphatic heterocycles. The van der Waals surface area contributed by atoms with Crippen molar-refractivity contribution in [1.29, 1.82) is 0 Å². The summed E-state index contributed by atoms with van der Waals surface area (Å²) >= 11 is 3.41. The van der Waals surface area contributed by atoms with Crippen LogP contribution in [0.1, 0.15) is 21.7 Å². The molecule has 1 aliphatic rings. The van der Waals surface area contributed by atoms with Crippen molar-refractivity contribution in [2.75, 3.05) is 6.79 Å². The van der Waals surface area contributed by atoms with E-state index < -0.39 is 11.8 Å². The summed E-state index contributed by atoms with van der Waals surface area (Å²) in [5.74, 6) is 1.24. The van der Waals surface area contributed by atoms with Gasteiger partial charge in [0.2, 0.25) is 6.79 Å². The molecule has 184 valence electrons. The van der Waals surface area contributed by atoms with Gasteiger partial charge in [0.25, 0.3) is 11.8 Å². The molecule has 3 aromatic carbocycles. The average molecular weight is 558 g/mol. The number of hydrazone groups is 1. The Balaban J connectivity index is 1.33.